The van der Waals surface area contributed by atoms with E-state index in [2.05, 4.69) is 10.2 Å². The summed E-state index contributed by atoms with van der Waals surface area (Å²) in [4.78, 5) is 28.4. The molecule has 2 fully saturated rings. The molecule has 0 unspecified atom stereocenters. The normalized spacial score (nSPS) is 20.0. The molecule has 1 saturated heterocycles. The topological polar surface area (TPSA) is 67.9 Å². The van der Waals surface area contributed by atoms with Crippen molar-refractivity contribution in [3.63, 3.8) is 0 Å². The molecule has 4 rings (SSSR count). The third-order valence-corrected chi connectivity index (χ3v) is 6.79. The zero-order valence-corrected chi connectivity index (χ0v) is 19.6. The van der Waals surface area contributed by atoms with Gasteiger partial charge in [0, 0.05) is 29.9 Å². The minimum Gasteiger partial charge on any atom is -0.497 e. The highest BCUT2D eigenvalue weighted by Crippen LogP contribution is 2.37. The molecule has 6 nitrogen and oxygen atoms in total. The maximum atomic E-state index is 13.6. The van der Waals surface area contributed by atoms with Crippen LogP contribution in [0.3, 0.4) is 0 Å². The van der Waals surface area contributed by atoms with Gasteiger partial charge in [0.25, 0.3) is 11.8 Å². The molecule has 2 atom stereocenters. The molecule has 0 spiro atoms. The van der Waals surface area contributed by atoms with Gasteiger partial charge >= 0.3 is 0 Å². The lowest BCUT2D eigenvalue weighted by atomic mass is 9.78. The lowest BCUT2D eigenvalue weighted by molar-refractivity contribution is 0.0387. The molecule has 0 radical (unpaired) electrons. The minimum absolute atomic E-state index is 0.0470. The van der Waals surface area contributed by atoms with Gasteiger partial charge in [0.15, 0.2) is 0 Å². The summed E-state index contributed by atoms with van der Waals surface area (Å²) in [5, 5.41) is 2.92. The van der Waals surface area contributed by atoms with Gasteiger partial charge in [-0.2, -0.15) is 0 Å². The monoisotopic (exact) mass is 450 g/mol. The number of nitrogens with one attached hydrogen (secondary N) is 1. The molecule has 6 heteroatoms. The fraction of sp³-hybridized carbons (Fsp3) is 0.481. The highest BCUT2D eigenvalue weighted by atomic mass is 16.5. The van der Waals surface area contributed by atoms with Crippen LogP contribution < -0.4 is 14.8 Å². The number of anilines is 1. The third-order valence-electron chi connectivity index (χ3n) is 6.79. The van der Waals surface area contributed by atoms with Crippen molar-refractivity contribution in [1.29, 1.82) is 0 Å². The largest absolute Gasteiger partial charge is 0.497 e. The lowest BCUT2D eigenvalue weighted by Gasteiger charge is -2.44. The van der Waals surface area contributed by atoms with Gasteiger partial charge in [-0.3, -0.25) is 9.59 Å². The molecule has 1 aliphatic heterocycles. The highest BCUT2D eigenvalue weighted by molar-refractivity contribution is 6.05. The van der Waals surface area contributed by atoms with E-state index >= 15 is 0 Å². The number of amides is 2. The van der Waals surface area contributed by atoms with Crippen LogP contribution in [0, 0.1) is 5.92 Å². The van der Waals surface area contributed by atoms with E-state index in [1.165, 1.54) is 25.7 Å². The number of rotatable bonds is 7. The Morgan fingerprint density at radius 3 is 2.55 bits per heavy atom. The highest BCUT2D eigenvalue weighted by Gasteiger charge is 2.36. The number of carbonyl (C=O) groups excluding carboxylic acids is 2. The van der Waals surface area contributed by atoms with Gasteiger partial charge in [-0.25, -0.2) is 0 Å². The van der Waals surface area contributed by atoms with Gasteiger partial charge < -0.3 is 19.7 Å². The first-order valence-electron chi connectivity index (χ1n) is 12.1. The van der Waals surface area contributed by atoms with Crippen LogP contribution in [0.4, 0.5) is 5.69 Å². The maximum absolute atomic E-state index is 13.6. The van der Waals surface area contributed by atoms with Crippen molar-refractivity contribution in [3.8, 4) is 11.5 Å². The van der Waals surface area contributed by atoms with E-state index in [1.807, 2.05) is 6.92 Å². The maximum Gasteiger partial charge on any atom is 0.257 e. The Kier molecular flexibility index (Phi) is 7.53. The molecule has 0 aromatic heterocycles. The van der Waals surface area contributed by atoms with E-state index in [4.69, 9.17) is 9.47 Å². The number of hydrogen-bond donors (Lipinski definition) is 1. The fourth-order valence-electron chi connectivity index (χ4n) is 5.09. The Balaban J connectivity index is 1.54. The first kappa shape index (κ1) is 23.1. The molecule has 2 aromatic rings. The van der Waals surface area contributed by atoms with Crippen molar-refractivity contribution in [2.75, 3.05) is 25.6 Å². The Bertz CT molecular complexity index is 971. The zero-order chi connectivity index (χ0) is 23.2. The van der Waals surface area contributed by atoms with Gasteiger partial charge in [-0.15, -0.1) is 0 Å². The van der Waals surface area contributed by atoms with Gasteiger partial charge in [-0.05, 0) is 74.4 Å². The average molecular weight is 451 g/mol. The van der Waals surface area contributed by atoms with Crippen LogP contribution in [-0.4, -0.2) is 43.0 Å². The number of nitrogens with zero attached hydrogens (tertiary/aromatic N) is 1. The van der Waals surface area contributed by atoms with Gasteiger partial charge in [-0.1, -0.05) is 19.8 Å². The number of ether oxygens (including phenoxy) is 2. The van der Waals surface area contributed by atoms with Gasteiger partial charge in [0.1, 0.15) is 11.5 Å². The number of hydrogen-bond acceptors (Lipinski definition) is 4. The molecule has 1 aliphatic carbocycles. The van der Waals surface area contributed by atoms with Crippen LogP contribution >= 0.6 is 0 Å². The summed E-state index contributed by atoms with van der Waals surface area (Å²) < 4.78 is 11.1. The van der Waals surface area contributed by atoms with Crippen molar-refractivity contribution in [2.45, 2.75) is 57.9 Å². The van der Waals surface area contributed by atoms with Crippen LogP contribution in [0.1, 0.15) is 72.6 Å². The van der Waals surface area contributed by atoms with Gasteiger partial charge in [0.2, 0.25) is 0 Å². The zero-order valence-electron chi connectivity index (χ0n) is 19.6. The van der Waals surface area contributed by atoms with E-state index < -0.39 is 0 Å². The molecule has 2 amide bonds. The van der Waals surface area contributed by atoms with E-state index in [0.29, 0.717) is 46.9 Å². The Hall–Kier alpha value is -3.02. The number of methoxy groups -OCH3 is 1. The molecular formula is C27H34N2O4. The standard InChI is InChI=1S/C27H34N2O4/c1-3-17-33-25-18-21(28-26(30)20-10-13-22(32-2)14-11-20)12-15-23(25)27(31)29-16-6-8-19-7-4-5-9-24(19)29/h10-15,18-19,24H,3-9,16-17H2,1-2H3,(H,28,30)/t19-,24-/m1/s1. The van der Waals surface area contributed by atoms with Crippen LogP contribution in [0.25, 0.3) is 0 Å². The summed E-state index contributed by atoms with van der Waals surface area (Å²) in [7, 11) is 1.59. The van der Waals surface area contributed by atoms with Crippen molar-refractivity contribution in [3.05, 3.63) is 53.6 Å². The van der Waals surface area contributed by atoms with E-state index in [0.717, 1.165) is 25.8 Å². The molecule has 1 N–H and O–H groups in total. The second kappa shape index (κ2) is 10.7. The molecule has 0 bridgehead atoms. The van der Waals surface area contributed by atoms with Crippen molar-refractivity contribution in [2.24, 2.45) is 5.92 Å². The van der Waals surface area contributed by atoms with Gasteiger partial charge in [0.05, 0.1) is 19.3 Å². The molecular weight excluding hydrogens is 416 g/mol. The minimum atomic E-state index is -0.223. The van der Waals surface area contributed by atoms with Crippen molar-refractivity contribution < 1.29 is 19.1 Å². The molecule has 33 heavy (non-hydrogen) atoms. The summed E-state index contributed by atoms with van der Waals surface area (Å²) in [6.07, 6.45) is 7.92. The Morgan fingerprint density at radius 1 is 1.03 bits per heavy atom. The summed E-state index contributed by atoms with van der Waals surface area (Å²) >= 11 is 0. The SMILES string of the molecule is CCCOc1cc(NC(=O)c2ccc(OC)cc2)ccc1C(=O)N1CCC[C@H]2CCCC[C@H]21. The summed E-state index contributed by atoms with van der Waals surface area (Å²) in [6, 6.07) is 12.6. The lowest BCUT2D eigenvalue weighted by Crippen LogP contribution is -2.49. The molecule has 1 saturated carbocycles. The van der Waals surface area contributed by atoms with Crippen molar-refractivity contribution in [1.82, 2.24) is 4.90 Å². The first-order chi connectivity index (χ1) is 16.1. The van der Waals surface area contributed by atoms with Crippen LogP contribution in [0.15, 0.2) is 42.5 Å². The fourth-order valence-corrected chi connectivity index (χ4v) is 5.09. The predicted octanol–water partition coefficient (Wildman–Crippen LogP) is 5.53. The number of carbonyl (C=O) groups is 2. The average Bonchev–Trinajstić information content (AvgIpc) is 2.86. The molecule has 2 aromatic carbocycles. The number of likely N-dealkylation sites (tertiary alicyclic amines) is 1. The van der Waals surface area contributed by atoms with Crippen LogP contribution in [0.5, 0.6) is 11.5 Å². The van der Waals surface area contributed by atoms with Crippen LogP contribution in [-0.2, 0) is 0 Å². The molecule has 1 heterocycles. The quantitative estimate of drug-likeness (QED) is 0.602. The smallest absolute Gasteiger partial charge is 0.257 e. The predicted molar refractivity (Wildman–Crippen MR) is 129 cm³/mol. The Morgan fingerprint density at radius 2 is 1.79 bits per heavy atom. The first-order valence-corrected chi connectivity index (χ1v) is 12.1. The number of benzene rings is 2. The van der Waals surface area contributed by atoms with E-state index in [-0.39, 0.29) is 11.8 Å². The third kappa shape index (κ3) is 5.32. The Labute approximate surface area is 196 Å². The van der Waals surface area contributed by atoms with Crippen molar-refractivity contribution >= 4 is 17.5 Å². The second-order valence-electron chi connectivity index (χ2n) is 8.99. The summed E-state index contributed by atoms with van der Waals surface area (Å²) in [5.41, 5.74) is 1.72. The molecule has 2 aliphatic rings. The number of piperidine rings is 1. The molecule has 176 valence electrons. The summed E-state index contributed by atoms with van der Waals surface area (Å²) in [6.45, 7) is 3.36. The van der Waals surface area contributed by atoms with E-state index in [9.17, 15) is 9.59 Å². The number of fused-ring (bicyclic) bond motifs is 1. The second-order valence-corrected chi connectivity index (χ2v) is 8.99. The summed E-state index contributed by atoms with van der Waals surface area (Å²) in [5.74, 6) is 1.68. The van der Waals surface area contributed by atoms with Crippen LogP contribution in [0.2, 0.25) is 0 Å². The van der Waals surface area contributed by atoms with E-state index in [1.54, 1.807) is 49.6 Å².